The molecule has 0 aliphatic carbocycles. The zero-order valence-electron chi connectivity index (χ0n) is 17.3. The number of rotatable bonds is 5. The van der Waals surface area contributed by atoms with Crippen LogP contribution < -0.4 is 15.0 Å². The van der Waals surface area contributed by atoms with Crippen molar-refractivity contribution >= 4 is 17.5 Å². The molecule has 0 radical (unpaired) electrons. The number of ether oxygens (including phenoxy) is 3. The van der Waals surface area contributed by atoms with Gasteiger partial charge in [0.25, 0.3) is 11.5 Å². The van der Waals surface area contributed by atoms with E-state index >= 15 is 0 Å². The topological polar surface area (TPSA) is 80.9 Å². The highest BCUT2D eigenvalue weighted by Gasteiger charge is 2.33. The van der Waals surface area contributed by atoms with Crippen molar-refractivity contribution in [3.05, 3.63) is 55.5 Å². The molecular formula is C22H25ClN2O5. The van der Waals surface area contributed by atoms with Gasteiger partial charge in [0, 0.05) is 35.9 Å². The summed E-state index contributed by atoms with van der Waals surface area (Å²) in [7, 11) is 1.57. The number of fused-ring (bicyclic) bond motifs is 1. The van der Waals surface area contributed by atoms with Crippen molar-refractivity contribution in [1.82, 2.24) is 9.88 Å². The van der Waals surface area contributed by atoms with E-state index < -0.39 is 0 Å². The number of methoxy groups -OCH3 is 1. The molecule has 0 bridgehead atoms. The highest BCUT2D eigenvalue weighted by Crippen LogP contribution is 2.41. The number of aryl methyl sites for hydroxylation is 2. The fourth-order valence-corrected chi connectivity index (χ4v) is 4.39. The average Bonchev–Trinajstić information content (AvgIpc) is 3.21. The van der Waals surface area contributed by atoms with E-state index in [-0.39, 0.29) is 29.1 Å². The van der Waals surface area contributed by atoms with Gasteiger partial charge in [-0.25, -0.2) is 0 Å². The van der Waals surface area contributed by atoms with Crippen LogP contribution in [0.2, 0.25) is 5.02 Å². The zero-order valence-corrected chi connectivity index (χ0v) is 18.1. The minimum Gasteiger partial charge on any atom is -0.496 e. The summed E-state index contributed by atoms with van der Waals surface area (Å²) < 4.78 is 16.9. The first kappa shape index (κ1) is 20.8. The molecule has 7 nitrogen and oxygen atoms in total. The number of aromatic amines is 1. The number of halogens is 1. The molecule has 1 N–H and O–H groups in total. The van der Waals surface area contributed by atoms with Crippen LogP contribution >= 0.6 is 11.6 Å². The van der Waals surface area contributed by atoms with Crippen LogP contribution in [-0.2, 0) is 17.7 Å². The van der Waals surface area contributed by atoms with Gasteiger partial charge in [-0.05, 0) is 31.9 Å². The number of nitrogens with one attached hydrogen (secondary N) is 1. The average molecular weight is 433 g/mol. The van der Waals surface area contributed by atoms with Gasteiger partial charge < -0.3 is 24.1 Å². The van der Waals surface area contributed by atoms with Crippen LogP contribution in [0.5, 0.6) is 11.5 Å². The van der Waals surface area contributed by atoms with Crippen LogP contribution in [0.4, 0.5) is 0 Å². The largest absolute Gasteiger partial charge is 0.496 e. The molecule has 2 aromatic rings. The Bertz CT molecular complexity index is 1040. The van der Waals surface area contributed by atoms with Gasteiger partial charge in [0.05, 0.1) is 37.5 Å². The van der Waals surface area contributed by atoms with Crippen LogP contribution in [0.1, 0.15) is 39.2 Å². The first-order chi connectivity index (χ1) is 14.4. The van der Waals surface area contributed by atoms with E-state index in [0.29, 0.717) is 48.8 Å². The van der Waals surface area contributed by atoms with Crippen molar-refractivity contribution in [3.8, 4) is 11.5 Å². The molecule has 0 saturated carbocycles. The van der Waals surface area contributed by atoms with E-state index in [9.17, 15) is 9.59 Å². The van der Waals surface area contributed by atoms with Crippen molar-refractivity contribution in [2.45, 2.75) is 39.3 Å². The van der Waals surface area contributed by atoms with E-state index in [4.69, 9.17) is 25.8 Å². The number of carbonyl (C=O) groups is 1. The zero-order chi connectivity index (χ0) is 21.4. The molecular weight excluding hydrogens is 408 g/mol. The highest BCUT2D eigenvalue weighted by atomic mass is 35.5. The highest BCUT2D eigenvalue weighted by molar-refractivity contribution is 6.35. The normalized spacial score (nSPS) is 18.5. The Morgan fingerprint density at radius 2 is 2.07 bits per heavy atom. The second kappa shape index (κ2) is 8.32. The lowest BCUT2D eigenvalue weighted by atomic mass is 9.96. The number of amides is 1. The van der Waals surface area contributed by atoms with E-state index in [1.54, 1.807) is 18.1 Å². The molecule has 0 spiro atoms. The van der Waals surface area contributed by atoms with Crippen molar-refractivity contribution in [1.29, 1.82) is 0 Å². The summed E-state index contributed by atoms with van der Waals surface area (Å²) in [6.45, 7) is 5.55. The van der Waals surface area contributed by atoms with E-state index in [1.807, 2.05) is 19.9 Å². The third kappa shape index (κ3) is 3.79. The summed E-state index contributed by atoms with van der Waals surface area (Å²) in [5.74, 6) is 0.773. The number of carbonyl (C=O) groups excluding carboxylic acids is 1. The molecule has 3 heterocycles. The lowest BCUT2D eigenvalue weighted by Crippen LogP contribution is -2.39. The van der Waals surface area contributed by atoms with Gasteiger partial charge >= 0.3 is 0 Å². The SMILES string of the molecule is COc1cc(OC2CCOC2)c(Cl)c2c1CCN(Cc1c(C)cc(C)[nH]c1=O)C2=O. The molecule has 2 aliphatic rings. The van der Waals surface area contributed by atoms with Crippen molar-refractivity contribution in [2.24, 2.45) is 0 Å². The second-order valence-electron chi connectivity index (χ2n) is 7.77. The maximum absolute atomic E-state index is 13.4. The molecule has 160 valence electrons. The molecule has 1 amide bonds. The Kier molecular flexibility index (Phi) is 5.75. The Labute approximate surface area is 179 Å². The quantitative estimate of drug-likeness (QED) is 0.785. The Morgan fingerprint density at radius 3 is 2.73 bits per heavy atom. The molecule has 8 heteroatoms. The fraction of sp³-hybridized carbons (Fsp3) is 0.455. The lowest BCUT2D eigenvalue weighted by molar-refractivity contribution is 0.0723. The molecule has 1 aromatic heterocycles. The summed E-state index contributed by atoms with van der Waals surface area (Å²) in [5, 5.41) is 0.280. The van der Waals surface area contributed by atoms with Crippen LogP contribution in [-0.4, -0.2) is 48.8 Å². The monoisotopic (exact) mass is 432 g/mol. The summed E-state index contributed by atoms with van der Waals surface area (Å²) in [6.07, 6.45) is 1.25. The van der Waals surface area contributed by atoms with Gasteiger partial charge in [-0.2, -0.15) is 0 Å². The predicted octanol–water partition coefficient (Wildman–Crippen LogP) is 3.02. The van der Waals surface area contributed by atoms with Crippen molar-refractivity contribution in [3.63, 3.8) is 0 Å². The molecule has 2 aliphatic heterocycles. The maximum atomic E-state index is 13.4. The van der Waals surface area contributed by atoms with E-state index in [2.05, 4.69) is 4.98 Å². The first-order valence-corrected chi connectivity index (χ1v) is 10.4. The molecule has 1 saturated heterocycles. The molecule has 1 atom stereocenters. The number of pyridine rings is 1. The Balaban J connectivity index is 1.68. The smallest absolute Gasteiger partial charge is 0.256 e. The number of aromatic nitrogens is 1. The minimum atomic E-state index is -0.230. The second-order valence-corrected chi connectivity index (χ2v) is 8.15. The van der Waals surface area contributed by atoms with Crippen LogP contribution in [0.15, 0.2) is 16.9 Å². The van der Waals surface area contributed by atoms with E-state index in [1.165, 1.54) is 0 Å². The van der Waals surface area contributed by atoms with Crippen molar-refractivity contribution in [2.75, 3.05) is 26.9 Å². The first-order valence-electron chi connectivity index (χ1n) is 10.0. The van der Waals surface area contributed by atoms with E-state index in [0.717, 1.165) is 23.2 Å². The number of hydrogen-bond donors (Lipinski definition) is 1. The Morgan fingerprint density at radius 1 is 1.27 bits per heavy atom. The van der Waals surface area contributed by atoms with Gasteiger partial charge in [0.2, 0.25) is 0 Å². The van der Waals surface area contributed by atoms with Crippen LogP contribution in [0.25, 0.3) is 0 Å². The number of H-pyrrole nitrogens is 1. The number of benzene rings is 1. The third-order valence-corrected chi connectivity index (χ3v) is 6.05. The van der Waals surface area contributed by atoms with Crippen LogP contribution in [0, 0.1) is 13.8 Å². The summed E-state index contributed by atoms with van der Waals surface area (Å²) in [6, 6.07) is 3.65. The molecule has 30 heavy (non-hydrogen) atoms. The third-order valence-electron chi connectivity index (χ3n) is 5.67. The van der Waals surface area contributed by atoms with Gasteiger partial charge in [-0.1, -0.05) is 11.6 Å². The molecule has 4 rings (SSSR count). The van der Waals surface area contributed by atoms with Gasteiger partial charge in [0.1, 0.15) is 17.6 Å². The molecule has 1 fully saturated rings. The maximum Gasteiger partial charge on any atom is 0.256 e. The summed E-state index contributed by atoms with van der Waals surface area (Å²) in [5.41, 5.74) is 3.22. The molecule has 1 unspecified atom stereocenters. The van der Waals surface area contributed by atoms with Gasteiger partial charge in [-0.15, -0.1) is 0 Å². The lowest BCUT2D eigenvalue weighted by Gasteiger charge is -2.31. The van der Waals surface area contributed by atoms with Gasteiger partial charge in [0.15, 0.2) is 0 Å². The Hall–Kier alpha value is -2.51. The minimum absolute atomic E-state index is 0.103. The van der Waals surface area contributed by atoms with Gasteiger partial charge in [-0.3, -0.25) is 9.59 Å². The number of nitrogens with zero attached hydrogens (tertiary/aromatic N) is 1. The predicted molar refractivity (Wildman–Crippen MR) is 113 cm³/mol. The molecule has 1 aromatic carbocycles. The van der Waals surface area contributed by atoms with Crippen molar-refractivity contribution < 1.29 is 19.0 Å². The summed E-state index contributed by atoms with van der Waals surface area (Å²) >= 11 is 6.64. The standard InChI is InChI=1S/C22H25ClN2O5/c1-12-8-13(2)24-21(26)16(12)10-25-6-4-15-17(28-3)9-18(20(23)19(15)22(25)27)30-14-5-7-29-11-14/h8-9,14H,4-7,10-11H2,1-3H3,(H,24,26). The van der Waals surface area contributed by atoms with Crippen LogP contribution in [0.3, 0.4) is 0 Å². The summed E-state index contributed by atoms with van der Waals surface area (Å²) in [4.78, 5) is 30.3. The fourth-order valence-electron chi connectivity index (χ4n) is 4.10. The number of hydrogen-bond acceptors (Lipinski definition) is 5.